The molecule has 1 aromatic rings. The standard InChI is InChI=1S/C22H34N4O2.HI/c1-3-24-22(26-12-10-17(11-13-26)14-21(27)23-2)25-15-19-6-4-5-7-20(19)28-16-18-8-9-18;/h4-7,17-18H,3,8-16H2,1-2H3,(H,23,27)(H,24,25);1H. The molecule has 0 spiro atoms. The third-order valence-corrected chi connectivity index (χ3v) is 5.55. The average molecular weight is 514 g/mol. The van der Waals surface area contributed by atoms with Gasteiger partial charge < -0.3 is 20.3 Å². The zero-order valence-corrected chi connectivity index (χ0v) is 20.0. The van der Waals surface area contributed by atoms with Gasteiger partial charge in [0.15, 0.2) is 5.96 Å². The van der Waals surface area contributed by atoms with Crippen LogP contribution >= 0.6 is 24.0 Å². The Morgan fingerprint density at radius 1 is 1.17 bits per heavy atom. The number of aliphatic imine (C=N–C) groups is 1. The van der Waals surface area contributed by atoms with Crippen LogP contribution in [-0.2, 0) is 11.3 Å². The predicted molar refractivity (Wildman–Crippen MR) is 128 cm³/mol. The molecule has 1 saturated carbocycles. The zero-order valence-electron chi connectivity index (χ0n) is 17.7. The normalized spacial score (nSPS) is 17.4. The topological polar surface area (TPSA) is 66.0 Å². The lowest BCUT2D eigenvalue weighted by molar-refractivity contribution is -0.121. The van der Waals surface area contributed by atoms with Crippen molar-refractivity contribution < 1.29 is 9.53 Å². The maximum absolute atomic E-state index is 11.6. The Morgan fingerprint density at radius 2 is 1.90 bits per heavy atom. The summed E-state index contributed by atoms with van der Waals surface area (Å²) in [5, 5.41) is 6.16. The van der Waals surface area contributed by atoms with Crippen molar-refractivity contribution in [2.45, 2.75) is 45.6 Å². The monoisotopic (exact) mass is 514 g/mol. The lowest BCUT2D eigenvalue weighted by Gasteiger charge is -2.34. The molecule has 0 unspecified atom stereocenters. The fourth-order valence-corrected chi connectivity index (χ4v) is 3.57. The van der Waals surface area contributed by atoms with E-state index >= 15 is 0 Å². The minimum absolute atomic E-state index is 0. The molecule has 7 heteroatoms. The van der Waals surface area contributed by atoms with Crippen molar-refractivity contribution in [2.24, 2.45) is 16.8 Å². The molecule has 2 aliphatic rings. The second-order valence-electron chi connectivity index (χ2n) is 7.84. The Morgan fingerprint density at radius 3 is 2.55 bits per heavy atom. The van der Waals surface area contributed by atoms with E-state index in [0.717, 1.165) is 62.3 Å². The van der Waals surface area contributed by atoms with E-state index in [9.17, 15) is 4.79 Å². The maximum atomic E-state index is 11.6. The SMILES string of the molecule is CCNC(=NCc1ccccc1OCC1CC1)N1CCC(CC(=O)NC)CC1.I. The molecule has 0 atom stereocenters. The Balaban J connectivity index is 0.00000300. The third kappa shape index (κ3) is 7.68. The van der Waals surface area contributed by atoms with Crippen molar-refractivity contribution in [2.75, 3.05) is 33.3 Å². The number of likely N-dealkylation sites (tertiary alicyclic amines) is 1. The highest BCUT2D eigenvalue weighted by Gasteiger charge is 2.24. The van der Waals surface area contributed by atoms with Gasteiger partial charge in [-0.15, -0.1) is 24.0 Å². The van der Waals surface area contributed by atoms with Crippen LogP contribution in [0.3, 0.4) is 0 Å². The first-order valence-corrected chi connectivity index (χ1v) is 10.6. The van der Waals surface area contributed by atoms with Crippen LogP contribution in [0.15, 0.2) is 29.3 Å². The summed E-state index contributed by atoms with van der Waals surface area (Å²) in [6.45, 7) is 6.25. The number of rotatable bonds is 8. The molecule has 0 aromatic heterocycles. The van der Waals surface area contributed by atoms with Gasteiger partial charge in [0.2, 0.25) is 5.91 Å². The maximum Gasteiger partial charge on any atom is 0.220 e. The van der Waals surface area contributed by atoms with E-state index in [1.807, 2.05) is 18.2 Å². The third-order valence-electron chi connectivity index (χ3n) is 5.55. The molecule has 3 rings (SSSR count). The summed E-state index contributed by atoms with van der Waals surface area (Å²) in [5.41, 5.74) is 1.13. The highest BCUT2D eigenvalue weighted by atomic mass is 127. The second-order valence-corrected chi connectivity index (χ2v) is 7.84. The fourth-order valence-electron chi connectivity index (χ4n) is 3.57. The van der Waals surface area contributed by atoms with E-state index in [1.54, 1.807) is 7.05 Å². The van der Waals surface area contributed by atoms with E-state index in [4.69, 9.17) is 9.73 Å². The molecule has 29 heavy (non-hydrogen) atoms. The van der Waals surface area contributed by atoms with Crippen molar-refractivity contribution >= 4 is 35.8 Å². The molecule has 1 saturated heterocycles. The Hall–Kier alpha value is -1.51. The zero-order chi connectivity index (χ0) is 19.8. The highest BCUT2D eigenvalue weighted by Crippen LogP contribution is 2.30. The molecule has 1 aromatic carbocycles. The lowest BCUT2D eigenvalue weighted by Crippen LogP contribution is -2.46. The summed E-state index contributed by atoms with van der Waals surface area (Å²) in [6.07, 6.45) is 5.27. The Labute approximate surface area is 191 Å². The van der Waals surface area contributed by atoms with Gasteiger partial charge in [-0.25, -0.2) is 4.99 Å². The van der Waals surface area contributed by atoms with Crippen LogP contribution in [0.4, 0.5) is 0 Å². The second kappa shape index (κ2) is 12.2. The van der Waals surface area contributed by atoms with E-state index in [-0.39, 0.29) is 29.9 Å². The molecule has 1 heterocycles. The molecule has 6 nitrogen and oxygen atoms in total. The minimum Gasteiger partial charge on any atom is -0.493 e. The van der Waals surface area contributed by atoms with Crippen molar-refractivity contribution in [3.63, 3.8) is 0 Å². The van der Waals surface area contributed by atoms with Crippen LogP contribution in [0.25, 0.3) is 0 Å². The number of hydrogen-bond acceptors (Lipinski definition) is 3. The molecule has 1 amide bonds. The summed E-state index contributed by atoms with van der Waals surface area (Å²) in [7, 11) is 1.71. The number of benzene rings is 1. The van der Waals surface area contributed by atoms with Gasteiger partial charge in [-0.3, -0.25) is 4.79 Å². The molecule has 1 aliphatic heterocycles. The molecular weight excluding hydrogens is 479 g/mol. The van der Waals surface area contributed by atoms with Gasteiger partial charge in [-0.05, 0) is 50.5 Å². The number of nitrogens with one attached hydrogen (secondary N) is 2. The largest absolute Gasteiger partial charge is 0.493 e. The van der Waals surface area contributed by atoms with Gasteiger partial charge in [-0.2, -0.15) is 0 Å². The number of ether oxygens (including phenoxy) is 1. The first-order chi connectivity index (χ1) is 13.7. The van der Waals surface area contributed by atoms with E-state index in [0.29, 0.717) is 18.9 Å². The van der Waals surface area contributed by atoms with Gasteiger partial charge in [-0.1, -0.05) is 18.2 Å². The van der Waals surface area contributed by atoms with E-state index in [2.05, 4.69) is 28.5 Å². The van der Waals surface area contributed by atoms with Crippen LogP contribution in [0.1, 0.15) is 44.6 Å². The molecule has 0 radical (unpaired) electrons. The Bertz CT molecular complexity index is 671. The van der Waals surface area contributed by atoms with E-state index < -0.39 is 0 Å². The van der Waals surface area contributed by atoms with Crippen LogP contribution in [-0.4, -0.2) is 50.1 Å². The Kier molecular flexibility index (Phi) is 10.0. The number of carbonyl (C=O) groups excluding carboxylic acids is 1. The number of carbonyl (C=O) groups is 1. The molecule has 1 aliphatic carbocycles. The van der Waals surface area contributed by atoms with Crippen LogP contribution in [0.2, 0.25) is 0 Å². The smallest absolute Gasteiger partial charge is 0.220 e. The van der Waals surface area contributed by atoms with Gasteiger partial charge in [0, 0.05) is 38.7 Å². The van der Waals surface area contributed by atoms with Crippen LogP contribution in [0, 0.1) is 11.8 Å². The molecule has 2 N–H and O–H groups in total. The van der Waals surface area contributed by atoms with Crippen molar-refractivity contribution in [3.05, 3.63) is 29.8 Å². The van der Waals surface area contributed by atoms with Crippen molar-refractivity contribution in [1.82, 2.24) is 15.5 Å². The number of guanidine groups is 1. The summed E-state index contributed by atoms with van der Waals surface area (Å²) < 4.78 is 6.02. The van der Waals surface area contributed by atoms with E-state index in [1.165, 1.54) is 12.8 Å². The highest BCUT2D eigenvalue weighted by molar-refractivity contribution is 14.0. The van der Waals surface area contributed by atoms with Crippen LogP contribution < -0.4 is 15.4 Å². The van der Waals surface area contributed by atoms with Crippen molar-refractivity contribution in [3.8, 4) is 5.75 Å². The minimum atomic E-state index is 0. The molecule has 2 fully saturated rings. The molecule has 162 valence electrons. The van der Waals surface area contributed by atoms with Gasteiger partial charge in [0.05, 0.1) is 13.2 Å². The quantitative estimate of drug-likeness (QED) is 0.317. The number of halogens is 1. The number of piperidine rings is 1. The van der Waals surface area contributed by atoms with Crippen LogP contribution in [0.5, 0.6) is 5.75 Å². The summed E-state index contributed by atoms with van der Waals surface area (Å²) >= 11 is 0. The average Bonchev–Trinajstić information content (AvgIpc) is 3.55. The molecule has 0 bridgehead atoms. The fraction of sp³-hybridized carbons (Fsp3) is 0.636. The van der Waals surface area contributed by atoms with Gasteiger partial charge in [0.1, 0.15) is 5.75 Å². The van der Waals surface area contributed by atoms with Gasteiger partial charge in [0.25, 0.3) is 0 Å². The van der Waals surface area contributed by atoms with Gasteiger partial charge >= 0.3 is 0 Å². The van der Waals surface area contributed by atoms with Crippen molar-refractivity contribution in [1.29, 1.82) is 0 Å². The number of para-hydroxylation sites is 1. The first kappa shape index (κ1) is 23.8. The summed E-state index contributed by atoms with van der Waals surface area (Å²) in [4.78, 5) is 18.8. The number of hydrogen-bond donors (Lipinski definition) is 2. The number of amides is 1. The predicted octanol–water partition coefficient (Wildman–Crippen LogP) is 3.41. The number of nitrogens with zero attached hydrogens (tertiary/aromatic N) is 2. The first-order valence-electron chi connectivity index (χ1n) is 10.6. The lowest BCUT2D eigenvalue weighted by atomic mass is 9.93. The summed E-state index contributed by atoms with van der Waals surface area (Å²) in [5.74, 6) is 3.26. The summed E-state index contributed by atoms with van der Waals surface area (Å²) in [6, 6.07) is 8.22. The molecular formula is C22H35IN4O2.